The fraction of sp³-hybridized carbons (Fsp3) is 0.429. The van der Waals surface area contributed by atoms with Crippen LogP contribution in [-0.4, -0.2) is 76.4 Å². The average molecular weight is 571 g/mol. The summed E-state index contributed by atoms with van der Waals surface area (Å²) < 4.78 is 29.3. The highest BCUT2D eigenvalue weighted by Crippen LogP contribution is 2.22. The zero-order chi connectivity index (χ0) is 22.5. The number of hydrogen-bond acceptors (Lipinski definition) is 6. The van der Waals surface area contributed by atoms with Crippen molar-refractivity contribution in [3.63, 3.8) is 0 Å². The van der Waals surface area contributed by atoms with E-state index in [0.717, 1.165) is 35.4 Å². The first-order valence-corrected chi connectivity index (χ1v) is 10.7. The van der Waals surface area contributed by atoms with Gasteiger partial charge in [-0.25, -0.2) is 18.7 Å². The summed E-state index contributed by atoms with van der Waals surface area (Å²) >= 11 is 0. The molecule has 0 amide bonds. The molecule has 2 aromatic heterocycles. The van der Waals surface area contributed by atoms with Crippen LogP contribution in [0.4, 0.5) is 20.3 Å². The molecule has 0 unspecified atom stereocenters. The molecule has 0 aliphatic carbocycles. The summed E-state index contributed by atoms with van der Waals surface area (Å²) in [7, 11) is 1.84. The molecule has 0 radical (unpaired) electrons. The fourth-order valence-electron chi connectivity index (χ4n) is 3.75. The van der Waals surface area contributed by atoms with Gasteiger partial charge in [-0.1, -0.05) is 0 Å². The van der Waals surface area contributed by atoms with Crippen LogP contribution < -0.4 is 15.5 Å². The van der Waals surface area contributed by atoms with E-state index in [1.807, 2.05) is 18.9 Å². The number of fused-ring (bicyclic) bond motifs is 1. The lowest BCUT2D eigenvalue weighted by molar-refractivity contribution is 0.370. The Morgan fingerprint density at radius 2 is 1.94 bits per heavy atom. The monoisotopic (exact) mass is 571 g/mol. The van der Waals surface area contributed by atoms with Crippen LogP contribution >= 0.6 is 24.0 Å². The minimum atomic E-state index is -0.432. The molecule has 3 heterocycles. The standard InChI is InChI=1S/C21H27F2N9.HI/c1-3-24-21(26-7-6-25-19-16-13-29-30(2)20(16)28-14-27-19)32-10-8-31(9-11-32)18-12-15(22)4-5-17(18)23;/h4-5,12-14H,3,6-11H2,1-2H3,(H,24,26)(H,25,27,28);1H. The van der Waals surface area contributed by atoms with E-state index < -0.39 is 11.6 Å². The molecule has 0 atom stereocenters. The predicted molar refractivity (Wildman–Crippen MR) is 136 cm³/mol. The largest absolute Gasteiger partial charge is 0.367 e. The van der Waals surface area contributed by atoms with Gasteiger partial charge < -0.3 is 20.4 Å². The summed E-state index contributed by atoms with van der Waals surface area (Å²) in [5.74, 6) is 0.703. The highest BCUT2D eigenvalue weighted by molar-refractivity contribution is 14.0. The van der Waals surface area contributed by atoms with Gasteiger partial charge in [0.1, 0.15) is 23.8 Å². The van der Waals surface area contributed by atoms with Crippen molar-refractivity contribution in [2.75, 3.05) is 56.0 Å². The van der Waals surface area contributed by atoms with Gasteiger partial charge in [0.05, 0.1) is 23.8 Å². The Balaban J connectivity index is 0.00000306. The molecule has 12 heteroatoms. The first-order chi connectivity index (χ1) is 15.6. The summed E-state index contributed by atoms with van der Waals surface area (Å²) in [5.41, 5.74) is 1.08. The maximum atomic E-state index is 14.1. The zero-order valence-electron chi connectivity index (χ0n) is 18.6. The van der Waals surface area contributed by atoms with Crippen LogP contribution in [0.3, 0.4) is 0 Å². The quantitative estimate of drug-likeness (QED) is 0.204. The van der Waals surface area contributed by atoms with Crippen molar-refractivity contribution in [3.05, 3.63) is 42.4 Å². The van der Waals surface area contributed by atoms with E-state index in [4.69, 9.17) is 4.99 Å². The van der Waals surface area contributed by atoms with Gasteiger partial charge in [0.15, 0.2) is 11.6 Å². The zero-order valence-corrected chi connectivity index (χ0v) is 21.0. The molecule has 1 aliphatic rings. The summed E-state index contributed by atoms with van der Waals surface area (Å²) in [5, 5.41) is 11.7. The third-order valence-corrected chi connectivity index (χ3v) is 5.36. The summed E-state index contributed by atoms with van der Waals surface area (Å²) in [6, 6.07) is 3.56. The predicted octanol–water partition coefficient (Wildman–Crippen LogP) is 2.46. The van der Waals surface area contributed by atoms with Gasteiger partial charge in [-0.05, 0) is 19.1 Å². The van der Waals surface area contributed by atoms with E-state index in [1.165, 1.54) is 18.5 Å². The molecule has 9 nitrogen and oxygen atoms in total. The Hall–Kier alpha value is -2.77. The van der Waals surface area contributed by atoms with Crippen LogP contribution in [0.15, 0.2) is 35.7 Å². The molecule has 178 valence electrons. The number of rotatable bonds is 6. The van der Waals surface area contributed by atoms with Gasteiger partial charge in [0.2, 0.25) is 0 Å². The van der Waals surface area contributed by atoms with Crippen LogP contribution in [0.25, 0.3) is 11.0 Å². The number of anilines is 2. The second-order valence-corrected chi connectivity index (χ2v) is 7.46. The average Bonchev–Trinajstić information content (AvgIpc) is 3.19. The molecule has 0 spiro atoms. The van der Waals surface area contributed by atoms with E-state index in [1.54, 1.807) is 10.9 Å². The number of hydrogen-bond donors (Lipinski definition) is 2. The number of aromatic nitrogens is 4. The number of nitrogens with zero attached hydrogens (tertiary/aromatic N) is 7. The number of halogens is 3. The molecule has 4 rings (SSSR count). The minimum Gasteiger partial charge on any atom is -0.367 e. The SMILES string of the molecule is CCNC(=NCCNc1ncnc2c1cnn2C)N1CCN(c2cc(F)ccc2F)CC1.I. The van der Waals surface area contributed by atoms with Gasteiger partial charge in [-0.2, -0.15) is 5.10 Å². The van der Waals surface area contributed by atoms with Crippen molar-refractivity contribution in [2.45, 2.75) is 6.92 Å². The Labute approximate surface area is 208 Å². The first kappa shape index (κ1) is 24.9. The smallest absolute Gasteiger partial charge is 0.194 e. The summed E-state index contributed by atoms with van der Waals surface area (Å²) in [6.07, 6.45) is 3.26. The van der Waals surface area contributed by atoms with Crippen LogP contribution in [0.2, 0.25) is 0 Å². The Morgan fingerprint density at radius 1 is 1.15 bits per heavy atom. The molecule has 1 saturated heterocycles. The Morgan fingerprint density at radius 3 is 2.70 bits per heavy atom. The molecular formula is C21H28F2IN9. The lowest BCUT2D eigenvalue weighted by Gasteiger charge is -2.37. The van der Waals surface area contributed by atoms with Crippen LogP contribution in [0, 0.1) is 11.6 Å². The van der Waals surface area contributed by atoms with E-state index in [9.17, 15) is 8.78 Å². The molecule has 0 saturated carbocycles. The molecule has 3 aromatic rings. The third kappa shape index (κ3) is 5.78. The second-order valence-electron chi connectivity index (χ2n) is 7.46. The topological polar surface area (TPSA) is 86.5 Å². The number of aliphatic imine (C=N–C) groups is 1. The number of guanidine groups is 1. The molecule has 1 fully saturated rings. The number of piperazine rings is 1. The molecule has 1 aliphatic heterocycles. The maximum absolute atomic E-state index is 14.1. The van der Waals surface area contributed by atoms with Crippen molar-refractivity contribution in [2.24, 2.45) is 12.0 Å². The minimum absolute atomic E-state index is 0. The molecule has 0 bridgehead atoms. The normalized spacial score (nSPS) is 14.4. The van der Waals surface area contributed by atoms with Crippen molar-refractivity contribution in [1.82, 2.24) is 30.0 Å². The fourth-order valence-corrected chi connectivity index (χ4v) is 3.75. The lowest BCUT2D eigenvalue weighted by atomic mass is 10.2. The van der Waals surface area contributed by atoms with Gasteiger partial charge in [-0.3, -0.25) is 9.67 Å². The molecule has 33 heavy (non-hydrogen) atoms. The number of nitrogens with one attached hydrogen (secondary N) is 2. The van der Waals surface area contributed by atoms with Crippen molar-refractivity contribution in [3.8, 4) is 0 Å². The molecule has 1 aromatic carbocycles. The lowest BCUT2D eigenvalue weighted by Crippen LogP contribution is -2.52. The number of aryl methyl sites for hydroxylation is 1. The summed E-state index contributed by atoms with van der Waals surface area (Å²) in [4.78, 5) is 17.3. The van der Waals surface area contributed by atoms with Gasteiger partial charge in [0.25, 0.3) is 0 Å². The van der Waals surface area contributed by atoms with Crippen LogP contribution in [-0.2, 0) is 7.05 Å². The molecule has 2 N–H and O–H groups in total. The van der Waals surface area contributed by atoms with E-state index >= 15 is 0 Å². The van der Waals surface area contributed by atoms with E-state index in [2.05, 4.69) is 30.6 Å². The van der Waals surface area contributed by atoms with Gasteiger partial charge >= 0.3 is 0 Å². The van der Waals surface area contributed by atoms with Crippen molar-refractivity contribution >= 4 is 52.5 Å². The second kappa shape index (κ2) is 11.4. The maximum Gasteiger partial charge on any atom is 0.194 e. The van der Waals surface area contributed by atoms with Crippen molar-refractivity contribution in [1.29, 1.82) is 0 Å². The Bertz CT molecular complexity index is 1100. The number of benzene rings is 1. The highest BCUT2D eigenvalue weighted by atomic mass is 127. The van der Waals surface area contributed by atoms with Gasteiger partial charge in [-0.15, -0.1) is 24.0 Å². The summed E-state index contributed by atoms with van der Waals surface area (Å²) in [6.45, 7) is 6.41. The molecular weight excluding hydrogens is 543 g/mol. The van der Waals surface area contributed by atoms with Crippen LogP contribution in [0.1, 0.15) is 6.92 Å². The third-order valence-electron chi connectivity index (χ3n) is 5.36. The van der Waals surface area contributed by atoms with Crippen LogP contribution in [0.5, 0.6) is 0 Å². The van der Waals surface area contributed by atoms with Gasteiger partial charge in [0, 0.05) is 52.4 Å². The van der Waals surface area contributed by atoms with E-state index in [-0.39, 0.29) is 24.0 Å². The van der Waals surface area contributed by atoms with E-state index in [0.29, 0.717) is 45.0 Å². The Kier molecular flexibility index (Phi) is 8.58. The van der Waals surface area contributed by atoms with Crippen molar-refractivity contribution < 1.29 is 8.78 Å². The highest BCUT2D eigenvalue weighted by Gasteiger charge is 2.22. The first-order valence-electron chi connectivity index (χ1n) is 10.7.